The first-order valence-corrected chi connectivity index (χ1v) is 7.10. The first-order valence-electron chi connectivity index (χ1n) is 7.10. The fourth-order valence-electron chi connectivity index (χ4n) is 3.01. The maximum atomic E-state index is 12.2. The van der Waals surface area contributed by atoms with Crippen LogP contribution in [0.4, 0.5) is 4.79 Å². The molecule has 0 saturated carbocycles. The van der Waals surface area contributed by atoms with Gasteiger partial charge in [-0.25, -0.2) is 4.79 Å². The van der Waals surface area contributed by atoms with Crippen LogP contribution in [0.5, 0.6) is 0 Å². The van der Waals surface area contributed by atoms with Gasteiger partial charge in [0, 0.05) is 44.2 Å². The summed E-state index contributed by atoms with van der Waals surface area (Å²) in [4.78, 5) is 18.5. The van der Waals surface area contributed by atoms with Crippen LogP contribution in [-0.4, -0.2) is 66.0 Å². The number of rotatable bonds is 2. The largest absolute Gasteiger partial charge is 0.325 e. The second-order valence-electron chi connectivity index (χ2n) is 6.66. The highest BCUT2D eigenvalue weighted by atomic mass is 16.2. The molecule has 2 amide bonds. The molecule has 0 N–H and O–H groups in total. The molecule has 2 rings (SSSR count). The van der Waals surface area contributed by atoms with Crippen LogP contribution in [0.1, 0.15) is 34.1 Å². The Labute approximate surface area is 111 Å². The topological polar surface area (TPSA) is 26.8 Å². The summed E-state index contributed by atoms with van der Waals surface area (Å²) in [5, 5.41) is 0. The molecule has 0 aromatic rings. The summed E-state index contributed by atoms with van der Waals surface area (Å²) in [5.41, 5.74) is 0.401. The van der Waals surface area contributed by atoms with Crippen molar-refractivity contribution in [2.24, 2.45) is 5.41 Å². The SMILES string of the molecule is CC(C)N1CCC2(CN(C(=O)N(C)C(C)C)C2)C1. The van der Waals surface area contributed by atoms with Gasteiger partial charge in [0.25, 0.3) is 0 Å². The highest BCUT2D eigenvalue weighted by Crippen LogP contribution is 2.40. The molecule has 0 radical (unpaired) electrons. The van der Waals surface area contributed by atoms with Crippen molar-refractivity contribution >= 4 is 6.03 Å². The van der Waals surface area contributed by atoms with Crippen LogP contribution in [0.2, 0.25) is 0 Å². The van der Waals surface area contributed by atoms with E-state index >= 15 is 0 Å². The lowest BCUT2D eigenvalue weighted by Crippen LogP contribution is -2.62. The number of nitrogens with zero attached hydrogens (tertiary/aromatic N) is 3. The molecule has 0 aromatic heterocycles. The van der Waals surface area contributed by atoms with Crippen LogP contribution >= 0.6 is 0 Å². The van der Waals surface area contributed by atoms with E-state index in [1.807, 2.05) is 16.8 Å². The normalized spacial score (nSPS) is 22.9. The number of hydrogen-bond acceptors (Lipinski definition) is 2. The molecule has 18 heavy (non-hydrogen) atoms. The summed E-state index contributed by atoms with van der Waals surface area (Å²) >= 11 is 0. The van der Waals surface area contributed by atoms with Gasteiger partial charge in [-0.1, -0.05) is 0 Å². The van der Waals surface area contributed by atoms with Crippen molar-refractivity contribution in [1.29, 1.82) is 0 Å². The molecule has 4 nitrogen and oxygen atoms in total. The van der Waals surface area contributed by atoms with E-state index in [1.54, 1.807) is 0 Å². The van der Waals surface area contributed by atoms with Gasteiger partial charge < -0.3 is 14.7 Å². The summed E-state index contributed by atoms with van der Waals surface area (Å²) in [6.45, 7) is 12.9. The van der Waals surface area contributed by atoms with Gasteiger partial charge >= 0.3 is 6.03 Å². The van der Waals surface area contributed by atoms with E-state index < -0.39 is 0 Å². The maximum absolute atomic E-state index is 12.2. The average molecular weight is 253 g/mol. The van der Waals surface area contributed by atoms with Crippen LogP contribution in [0.25, 0.3) is 0 Å². The van der Waals surface area contributed by atoms with Crippen molar-refractivity contribution in [1.82, 2.24) is 14.7 Å². The van der Waals surface area contributed by atoms with E-state index in [0.29, 0.717) is 11.5 Å². The Bertz CT molecular complexity index is 321. The van der Waals surface area contributed by atoms with Crippen LogP contribution in [0.3, 0.4) is 0 Å². The number of carbonyl (C=O) groups excluding carboxylic acids is 1. The zero-order valence-corrected chi connectivity index (χ0v) is 12.4. The van der Waals surface area contributed by atoms with Crippen molar-refractivity contribution in [3.8, 4) is 0 Å². The molecule has 2 aliphatic rings. The molecule has 2 saturated heterocycles. The third-order valence-electron chi connectivity index (χ3n) is 4.60. The summed E-state index contributed by atoms with van der Waals surface area (Å²) in [6.07, 6.45) is 1.25. The second-order valence-corrected chi connectivity index (χ2v) is 6.66. The van der Waals surface area contributed by atoms with Crippen molar-refractivity contribution in [3.63, 3.8) is 0 Å². The van der Waals surface area contributed by atoms with Gasteiger partial charge in [-0.2, -0.15) is 0 Å². The Morgan fingerprint density at radius 2 is 1.78 bits per heavy atom. The van der Waals surface area contributed by atoms with Crippen molar-refractivity contribution in [3.05, 3.63) is 0 Å². The Hall–Kier alpha value is -0.770. The number of urea groups is 1. The van der Waals surface area contributed by atoms with Gasteiger partial charge in [-0.15, -0.1) is 0 Å². The van der Waals surface area contributed by atoms with Gasteiger partial charge in [0.2, 0.25) is 0 Å². The molecule has 0 aromatic carbocycles. The van der Waals surface area contributed by atoms with Gasteiger partial charge in [0.05, 0.1) is 0 Å². The van der Waals surface area contributed by atoms with E-state index in [9.17, 15) is 4.79 Å². The zero-order chi connectivity index (χ0) is 13.5. The molecule has 4 heteroatoms. The molecule has 2 aliphatic heterocycles. The predicted molar refractivity (Wildman–Crippen MR) is 73.6 cm³/mol. The molecule has 2 heterocycles. The van der Waals surface area contributed by atoms with E-state index in [-0.39, 0.29) is 12.1 Å². The summed E-state index contributed by atoms with van der Waals surface area (Å²) in [5.74, 6) is 0. The van der Waals surface area contributed by atoms with Crippen molar-refractivity contribution in [2.45, 2.75) is 46.2 Å². The van der Waals surface area contributed by atoms with Gasteiger partial charge in [0.15, 0.2) is 0 Å². The lowest BCUT2D eigenvalue weighted by atomic mass is 9.79. The summed E-state index contributed by atoms with van der Waals surface area (Å²) < 4.78 is 0. The third-order valence-corrected chi connectivity index (χ3v) is 4.60. The standard InChI is InChI=1S/C14H27N3O/c1-11(2)15(5)13(18)17-9-14(10-17)6-7-16(8-14)12(3)4/h11-12H,6-10H2,1-5H3. The highest BCUT2D eigenvalue weighted by molar-refractivity contribution is 5.75. The Balaban J connectivity index is 1.86. The van der Waals surface area contributed by atoms with Crippen molar-refractivity contribution < 1.29 is 4.79 Å². The Morgan fingerprint density at radius 3 is 2.22 bits per heavy atom. The summed E-state index contributed by atoms with van der Waals surface area (Å²) in [7, 11) is 1.90. The van der Waals surface area contributed by atoms with Crippen LogP contribution in [-0.2, 0) is 0 Å². The van der Waals surface area contributed by atoms with E-state index in [2.05, 4.69) is 32.6 Å². The molecule has 0 unspecified atom stereocenters. The summed E-state index contributed by atoms with van der Waals surface area (Å²) in [6, 6.07) is 1.11. The van der Waals surface area contributed by atoms with Gasteiger partial charge in [0.1, 0.15) is 0 Å². The number of amides is 2. The molecule has 1 spiro atoms. The maximum Gasteiger partial charge on any atom is 0.320 e. The number of hydrogen-bond donors (Lipinski definition) is 0. The van der Waals surface area contributed by atoms with Gasteiger partial charge in [-0.3, -0.25) is 0 Å². The smallest absolute Gasteiger partial charge is 0.320 e. The van der Waals surface area contributed by atoms with E-state index in [0.717, 1.165) is 13.1 Å². The lowest BCUT2D eigenvalue weighted by molar-refractivity contribution is 0.0210. The minimum absolute atomic E-state index is 0.193. The Morgan fingerprint density at radius 1 is 1.17 bits per heavy atom. The third kappa shape index (κ3) is 2.35. The minimum Gasteiger partial charge on any atom is -0.325 e. The Kier molecular flexibility index (Phi) is 3.58. The van der Waals surface area contributed by atoms with Crippen LogP contribution < -0.4 is 0 Å². The van der Waals surface area contributed by atoms with E-state index in [4.69, 9.17) is 0 Å². The van der Waals surface area contributed by atoms with E-state index in [1.165, 1.54) is 19.5 Å². The lowest BCUT2D eigenvalue weighted by Gasteiger charge is -2.49. The zero-order valence-electron chi connectivity index (χ0n) is 12.4. The molecule has 2 fully saturated rings. The number of likely N-dealkylation sites (tertiary alicyclic amines) is 2. The molecular formula is C14H27N3O. The monoisotopic (exact) mass is 253 g/mol. The first kappa shape index (κ1) is 13.7. The predicted octanol–water partition coefficient (Wildman–Crippen LogP) is 1.86. The molecule has 0 atom stereocenters. The molecule has 0 bridgehead atoms. The highest BCUT2D eigenvalue weighted by Gasteiger charge is 2.50. The first-order chi connectivity index (χ1) is 8.34. The quantitative estimate of drug-likeness (QED) is 0.751. The fraction of sp³-hybridized carbons (Fsp3) is 0.929. The second kappa shape index (κ2) is 4.72. The molecular weight excluding hydrogens is 226 g/mol. The van der Waals surface area contributed by atoms with Gasteiger partial charge in [-0.05, 0) is 40.7 Å². The molecule has 104 valence electrons. The fourth-order valence-corrected chi connectivity index (χ4v) is 3.01. The van der Waals surface area contributed by atoms with Crippen LogP contribution in [0.15, 0.2) is 0 Å². The van der Waals surface area contributed by atoms with Crippen LogP contribution in [0, 0.1) is 5.41 Å². The average Bonchev–Trinajstić information content (AvgIpc) is 2.69. The molecule has 0 aliphatic carbocycles. The minimum atomic E-state index is 0.193. The van der Waals surface area contributed by atoms with Crippen molar-refractivity contribution in [2.75, 3.05) is 33.2 Å². The number of carbonyl (C=O) groups is 1.